The predicted octanol–water partition coefficient (Wildman–Crippen LogP) is 4.13. The highest BCUT2D eigenvalue weighted by molar-refractivity contribution is 8.13. The zero-order chi connectivity index (χ0) is 17.9. The number of para-hydroxylation sites is 1. The molecule has 0 fully saturated rings. The van der Waals surface area contributed by atoms with Crippen LogP contribution >= 0.6 is 35.7 Å². The van der Waals surface area contributed by atoms with Gasteiger partial charge in [0.2, 0.25) is 5.91 Å². The summed E-state index contributed by atoms with van der Waals surface area (Å²) in [5.74, 6) is 0.201. The van der Waals surface area contributed by atoms with Crippen LogP contribution in [0, 0.1) is 5.92 Å². The van der Waals surface area contributed by atoms with Crippen molar-refractivity contribution < 1.29 is 4.79 Å². The van der Waals surface area contributed by atoms with Gasteiger partial charge in [0, 0.05) is 23.9 Å². The molecule has 0 radical (unpaired) electrons. The summed E-state index contributed by atoms with van der Waals surface area (Å²) in [4.78, 5) is 16.6. The number of thiazole rings is 1. The fourth-order valence-corrected chi connectivity index (χ4v) is 2.84. The Morgan fingerprint density at radius 1 is 1.25 bits per heavy atom. The van der Waals surface area contributed by atoms with Crippen molar-refractivity contribution in [2.75, 3.05) is 19.3 Å². The monoisotopic (exact) mass is 383 g/mol. The Hall–Kier alpha value is -1.18. The van der Waals surface area contributed by atoms with Crippen LogP contribution < -0.4 is 10.6 Å². The van der Waals surface area contributed by atoms with E-state index in [1.165, 1.54) is 14.6 Å². The Balaban J connectivity index is 0.000000227. The number of carbonyl (C=O) groups is 1. The minimum atomic E-state index is 0.0799. The van der Waals surface area contributed by atoms with Gasteiger partial charge in [0.05, 0.1) is 20.8 Å². The van der Waals surface area contributed by atoms with Gasteiger partial charge in [-0.3, -0.25) is 4.79 Å². The van der Waals surface area contributed by atoms with Gasteiger partial charge in [0.1, 0.15) is 0 Å². The third kappa shape index (κ3) is 7.59. The second kappa shape index (κ2) is 11.4. The van der Waals surface area contributed by atoms with E-state index < -0.39 is 0 Å². The van der Waals surface area contributed by atoms with Crippen LogP contribution in [0.3, 0.4) is 0 Å². The highest BCUT2D eigenvalue weighted by Gasteiger charge is 2.16. The molecule has 1 amide bonds. The molecule has 0 atom stereocenters. The Bertz CT molecular complexity index is 638. The lowest BCUT2D eigenvalue weighted by Crippen LogP contribution is -2.33. The van der Waals surface area contributed by atoms with E-state index in [0.29, 0.717) is 6.54 Å². The van der Waals surface area contributed by atoms with Gasteiger partial charge in [0.15, 0.2) is 0 Å². The van der Waals surface area contributed by atoms with E-state index >= 15 is 0 Å². The second-order valence-electron chi connectivity index (χ2n) is 5.18. The summed E-state index contributed by atoms with van der Waals surface area (Å²) < 4.78 is 1.26. The minimum Gasteiger partial charge on any atom is -0.377 e. The van der Waals surface area contributed by atoms with Crippen LogP contribution in [0.2, 0.25) is 0 Å². The number of nitrogens with one attached hydrogen (secondary N) is 2. The molecule has 1 aliphatic rings. The maximum Gasteiger partial charge on any atom is 0.222 e. The number of aromatic nitrogens is 1. The molecule has 7 heteroatoms. The van der Waals surface area contributed by atoms with Crippen molar-refractivity contribution >= 4 is 51.9 Å². The van der Waals surface area contributed by atoms with Crippen LogP contribution in [0.4, 0.5) is 0 Å². The molecule has 0 bridgehead atoms. The van der Waals surface area contributed by atoms with Gasteiger partial charge in [-0.25, -0.2) is 4.98 Å². The maximum absolute atomic E-state index is 11.1. The molecular formula is C17H25N3OS3. The fourth-order valence-electron chi connectivity index (χ4n) is 1.66. The van der Waals surface area contributed by atoms with Crippen molar-refractivity contribution in [1.29, 1.82) is 0 Å². The van der Waals surface area contributed by atoms with E-state index in [1.54, 1.807) is 29.4 Å². The number of thiol groups is 1. The van der Waals surface area contributed by atoms with Crippen LogP contribution in [0.15, 0.2) is 39.7 Å². The van der Waals surface area contributed by atoms with Gasteiger partial charge in [-0.15, -0.1) is 11.3 Å². The van der Waals surface area contributed by atoms with Crippen molar-refractivity contribution in [3.63, 3.8) is 0 Å². The van der Waals surface area contributed by atoms with Crippen molar-refractivity contribution in [3.05, 3.63) is 39.7 Å². The average molecular weight is 384 g/mol. The van der Waals surface area contributed by atoms with E-state index in [2.05, 4.69) is 41.2 Å². The molecule has 3 rings (SSSR count). The van der Waals surface area contributed by atoms with E-state index in [4.69, 9.17) is 0 Å². The number of amides is 1. The first-order valence-electron chi connectivity index (χ1n) is 7.71. The first-order chi connectivity index (χ1) is 11.6. The van der Waals surface area contributed by atoms with Gasteiger partial charge >= 0.3 is 0 Å². The zero-order valence-electron chi connectivity index (χ0n) is 14.5. The van der Waals surface area contributed by atoms with Gasteiger partial charge in [-0.1, -0.05) is 37.7 Å². The topological polar surface area (TPSA) is 54.0 Å². The second-order valence-corrected chi connectivity index (χ2v) is 7.29. The van der Waals surface area contributed by atoms with Gasteiger partial charge in [0.25, 0.3) is 0 Å². The standard InChI is InChI=1S/C9H16N2OS.C7H5NS.CH4S/c1-6(2)8(12)10-4-5-11-9-7(3)13-9;1-2-4-7-6(3-1)8-5-9-7;1-2/h6,11H,4-5H2,1-3H3,(H,10,12);1-5H;2H,1H3. The minimum absolute atomic E-state index is 0.0799. The highest BCUT2D eigenvalue weighted by atomic mass is 32.2. The maximum atomic E-state index is 11.1. The average Bonchev–Trinajstić information content (AvgIpc) is 3.11. The normalized spacial score (nSPS) is 12.1. The van der Waals surface area contributed by atoms with E-state index in [0.717, 1.165) is 12.1 Å². The molecule has 132 valence electrons. The number of hydrogen-bond donors (Lipinski definition) is 3. The molecular weight excluding hydrogens is 358 g/mol. The Labute approximate surface area is 157 Å². The van der Waals surface area contributed by atoms with E-state index in [9.17, 15) is 4.79 Å². The summed E-state index contributed by atoms with van der Waals surface area (Å²) in [5.41, 5.74) is 2.97. The van der Waals surface area contributed by atoms with Crippen LogP contribution in [0.5, 0.6) is 0 Å². The number of thioether (sulfide) groups is 1. The number of benzene rings is 1. The molecule has 1 aliphatic heterocycles. The molecule has 0 aliphatic carbocycles. The lowest BCUT2D eigenvalue weighted by molar-refractivity contribution is -0.123. The van der Waals surface area contributed by atoms with Crippen LogP contribution in [0.1, 0.15) is 20.8 Å². The van der Waals surface area contributed by atoms with Crippen LogP contribution in [0.25, 0.3) is 10.2 Å². The SMILES string of the molecule is CC1=C(NCCNC(=O)C(C)C)S1.CS.c1ccc2scnc2c1. The molecule has 4 nitrogen and oxygen atoms in total. The molecule has 0 spiro atoms. The lowest BCUT2D eigenvalue weighted by atomic mass is 10.2. The Morgan fingerprint density at radius 2 is 1.92 bits per heavy atom. The number of nitrogens with zero attached hydrogens (tertiary/aromatic N) is 1. The molecule has 2 aromatic rings. The van der Waals surface area contributed by atoms with E-state index in [1.807, 2.05) is 37.6 Å². The summed E-state index contributed by atoms with van der Waals surface area (Å²) in [6.07, 6.45) is 1.69. The predicted molar refractivity (Wildman–Crippen MR) is 111 cm³/mol. The van der Waals surface area contributed by atoms with Crippen LogP contribution in [-0.2, 0) is 4.79 Å². The molecule has 2 N–H and O–H groups in total. The van der Waals surface area contributed by atoms with Crippen molar-refractivity contribution in [1.82, 2.24) is 15.6 Å². The van der Waals surface area contributed by atoms with Crippen molar-refractivity contribution in [3.8, 4) is 0 Å². The van der Waals surface area contributed by atoms with Crippen LogP contribution in [-0.4, -0.2) is 30.2 Å². The largest absolute Gasteiger partial charge is 0.377 e. The van der Waals surface area contributed by atoms with Gasteiger partial charge < -0.3 is 10.6 Å². The lowest BCUT2D eigenvalue weighted by Gasteiger charge is -2.07. The van der Waals surface area contributed by atoms with Gasteiger partial charge in [-0.05, 0) is 25.3 Å². The number of allylic oxidation sites excluding steroid dienone is 1. The van der Waals surface area contributed by atoms with E-state index in [-0.39, 0.29) is 11.8 Å². The summed E-state index contributed by atoms with van der Waals surface area (Å²) in [5, 5.41) is 7.34. The first kappa shape index (κ1) is 20.9. The Morgan fingerprint density at radius 3 is 2.50 bits per heavy atom. The zero-order valence-corrected chi connectivity index (χ0v) is 17.0. The molecule has 2 heterocycles. The molecule has 1 aromatic heterocycles. The summed E-state index contributed by atoms with van der Waals surface area (Å²) in [6.45, 7) is 7.39. The molecule has 1 aromatic carbocycles. The highest BCUT2D eigenvalue weighted by Crippen LogP contribution is 2.41. The quantitative estimate of drug-likeness (QED) is 0.537. The summed E-state index contributed by atoms with van der Waals surface area (Å²) >= 11 is 6.97. The number of fused-ring (bicyclic) bond motifs is 1. The van der Waals surface area contributed by atoms with Crippen molar-refractivity contribution in [2.24, 2.45) is 5.92 Å². The Kier molecular flexibility index (Phi) is 9.90. The molecule has 0 saturated carbocycles. The number of carbonyl (C=O) groups excluding carboxylic acids is 1. The third-order valence-corrected chi connectivity index (χ3v) is 4.77. The number of rotatable bonds is 5. The molecule has 0 saturated heterocycles. The fraction of sp³-hybridized carbons (Fsp3) is 0.412. The third-order valence-electron chi connectivity index (χ3n) is 3.00. The number of hydrogen-bond acceptors (Lipinski definition) is 6. The van der Waals surface area contributed by atoms with Crippen molar-refractivity contribution in [2.45, 2.75) is 20.8 Å². The van der Waals surface area contributed by atoms with Gasteiger partial charge in [-0.2, -0.15) is 12.6 Å². The summed E-state index contributed by atoms with van der Waals surface area (Å²) in [6, 6.07) is 8.13. The molecule has 24 heavy (non-hydrogen) atoms. The smallest absolute Gasteiger partial charge is 0.222 e. The molecule has 0 unspecified atom stereocenters. The first-order valence-corrected chi connectivity index (χ1v) is 10.3. The summed E-state index contributed by atoms with van der Waals surface area (Å²) in [7, 11) is 0.